The number of aryl methyl sites for hydroxylation is 2. The Balaban J connectivity index is 0.00000195. The second-order valence-electron chi connectivity index (χ2n) is 10.5. The lowest BCUT2D eigenvalue weighted by Gasteiger charge is -2.32. The van der Waals surface area contributed by atoms with Gasteiger partial charge in [0, 0.05) is 48.8 Å². The molecule has 1 unspecified atom stereocenters. The van der Waals surface area contributed by atoms with Gasteiger partial charge in [0.1, 0.15) is 11.8 Å². The summed E-state index contributed by atoms with van der Waals surface area (Å²) in [6.45, 7) is 14.2. The molecule has 1 saturated heterocycles. The standard InChI is InChI=1S/C28H31Cl2N5O.C2H6/c1-18-6-8-21(29)12-20(18)16-35(22-9-7-19(15-31)24(30)13-22)23-10-11-34(17-23)27(36)25-14-26(28(2,3)4)32-33(25)5;1-2/h6-9,12-14,23H,10-11,16-17H2,1-5H3;1-2H3. The number of benzene rings is 2. The number of hydrogen-bond acceptors (Lipinski definition) is 4. The number of halogens is 2. The minimum absolute atomic E-state index is 0.0141. The summed E-state index contributed by atoms with van der Waals surface area (Å²) < 4.78 is 1.68. The van der Waals surface area contributed by atoms with E-state index >= 15 is 0 Å². The molecular formula is C30H37Cl2N5O. The van der Waals surface area contributed by atoms with E-state index in [-0.39, 0.29) is 17.4 Å². The first kappa shape index (κ1) is 29.5. The smallest absolute Gasteiger partial charge is 0.272 e. The number of anilines is 1. The highest BCUT2D eigenvalue weighted by Crippen LogP contribution is 2.31. The van der Waals surface area contributed by atoms with E-state index in [0.29, 0.717) is 40.9 Å². The minimum atomic E-state index is -0.135. The molecule has 2 aromatic carbocycles. The molecule has 0 N–H and O–H groups in total. The van der Waals surface area contributed by atoms with E-state index in [1.165, 1.54) is 0 Å². The van der Waals surface area contributed by atoms with Crippen molar-refractivity contribution in [1.82, 2.24) is 14.7 Å². The van der Waals surface area contributed by atoms with Gasteiger partial charge in [-0.05, 0) is 60.9 Å². The van der Waals surface area contributed by atoms with Gasteiger partial charge in [-0.15, -0.1) is 0 Å². The van der Waals surface area contributed by atoms with Crippen molar-refractivity contribution in [3.05, 3.63) is 80.6 Å². The van der Waals surface area contributed by atoms with Gasteiger partial charge in [0.05, 0.1) is 16.3 Å². The summed E-state index contributed by atoms with van der Waals surface area (Å²) in [4.78, 5) is 17.6. The minimum Gasteiger partial charge on any atom is -0.362 e. The van der Waals surface area contributed by atoms with E-state index in [9.17, 15) is 10.1 Å². The Morgan fingerprint density at radius 2 is 1.87 bits per heavy atom. The van der Waals surface area contributed by atoms with E-state index in [1.54, 1.807) is 10.7 Å². The molecule has 202 valence electrons. The van der Waals surface area contributed by atoms with Crippen LogP contribution < -0.4 is 4.90 Å². The zero-order valence-corrected chi connectivity index (χ0v) is 24.9. The van der Waals surface area contributed by atoms with Crippen molar-refractivity contribution in [3.8, 4) is 6.07 Å². The summed E-state index contributed by atoms with van der Waals surface area (Å²) in [5.74, 6) is -0.0141. The summed E-state index contributed by atoms with van der Waals surface area (Å²) in [6.07, 6.45) is 0.812. The molecule has 0 spiro atoms. The molecule has 2 heterocycles. The molecule has 6 nitrogen and oxygen atoms in total. The maximum atomic E-state index is 13.5. The second-order valence-corrected chi connectivity index (χ2v) is 11.3. The molecule has 0 saturated carbocycles. The maximum absolute atomic E-state index is 13.5. The van der Waals surface area contributed by atoms with Crippen LogP contribution in [0.5, 0.6) is 0 Å². The number of nitrogens with zero attached hydrogens (tertiary/aromatic N) is 5. The van der Waals surface area contributed by atoms with Gasteiger partial charge >= 0.3 is 0 Å². The lowest BCUT2D eigenvalue weighted by molar-refractivity contribution is 0.0779. The Morgan fingerprint density at radius 3 is 2.47 bits per heavy atom. The van der Waals surface area contributed by atoms with Gasteiger partial charge in [-0.3, -0.25) is 9.48 Å². The van der Waals surface area contributed by atoms with Crippen LogP contribution in [0.15, 0.2) is 42.5 Å². The third kappa shape index (κ3) is 6.51. The fourth-order valence-electron chi connectivity index (χ4n) is 4.58. The summed E-state index contributed by atoms with van der Waals surface area (Å²) in [5.41, 5.74) is 4.95. The summed E-state index contributed by atoms with van der Waals surface area (Å²) >= 11 is 12.7. The van der Waals surface area contributed by atoms with Gasteiger partial charge in [0.15, 0.2) is 0 Å². The van der Waals surface area contributed by atoms with Crippen LogP contribution in [0.3, 0.4) is 0 Å². The lowest BCUT2D eigenvalue weighted by atomic mass is 9.92. The van der Waals surface area contributed by atoms with E-state index in [2.05, 4.69) is 43.8 Å². The Labute approximate surface area is 236 Å². The third-order valence-corrected chi connectivity index (χ3v) is 7.36. The van der Waals surface area contributed by atoms with E-state index in [1.807, 2.05) is 62.2 Å². The van der Waals surface area contributed by atoms with Crippen LogP contribution >= 0.6 is 23.2 Å². The van der Waals surface area contributed by atoms with E-state index in [4.69, 9.17) is 23.2 Å². The number of carbonyl (C=O) groups excluding carboxylic acids is 1. The average molecular weight is 555 g/mol. The highest BCUT2D eigenvalue weighted by molar-refractivity contribution is 6.32. The van der Waals surface area contributed by atoms with Crippen LogP contribution in [0, 0.1) is 18.3 Å². The van der Waals surface area contributed by atoms with Gasteiger partial charge in [-0.1, -0.05) is 63.9 Å². The first-order valence-electron chi connectivity index (χ1n) is 13.0. The van der Waals surface area contributed by atoms with Crippen LogP contribution in [0.25, 0.3) is 0 Å². The summed E-state index contributed by atoms with van der Waals surface area (Å²) in [7, 11) is 1.82. The number of nitriles is 1. The maximum Gasteiger partial charge on any atom is 0.272 e. The largest absolute Gasteiger partial charge is 0.362 e. The zero-order valence-electron chi connectivity index (χ0n) is 23.3. The van der Waals surface area contributed by atoms with E-state index in [0.717, 1.165) is 28.9 Å². The molecule has 4 rings (SSSR count). The summed E-state index contributed by atoms with van der Waals surface area (Å²) in [6, 6.07) is 15.5. The molecule has 0 bridgehead atoms. The number of carbonyl (C=O) groups is 1. The fraction of sp³-hybridized carbons (Fsp3) is 0.433. The molecule has 1 amide bonds. The number of hydrogen-bond donors (Lipinski definition) is 0. The number of amides is 1. The van der Waals surface area contributed by atoms with Gasteiger partial charge in [0.2, 0.25) is 0 Å². The quantitative estimate of drug-likeness (QED) is 0.336. The van der Waals surface area contributed by atoms with Crippen molar-refractivity contribution in [2.75, 3.05) is 18.0 Å². The first-order valence-corrected chi connectivity index (χ1v) is 13.8. The second kappa shape index (κ2) is 12.2. The van der Waals surface area contributed by atoms with E-state index < -0.39 is 0 Å². The van der Waals surface area contributed by atoms with Crippen molar-refractivity contribution in [3.63, 3.8) is 0 Å². The number of rotatable bonds is 5. The molecule has 0 radical (unpaired) electrons. The predicted molar refractivity (Wildman–Crippen MR) is 156 cm³/mol. The normalized spacial score (nSPS) is 15.1. The topological polar surface area (TPSA) is 65.2 Å². The molecule has 8 heteroatoms. The van der Waals surface area contributed by atoms with Crippen molar-refractivity contribution in [2.45, 2.75) is 66.0 Å². The molecule has 1 fully saturated rings. The lowest BCUT2D eigenvalue weighted by Crippen LogP contribution is -2.39. The molecule has 1 aliphatic rings. The van der Waals surface area contributed by atoms with Crippen LogP contribution in [-0.4, -0.2) is 39.7 Å². The predicted octanol–water partition coefficient (Wildman–Crippen LogP) is 7.15. The Hall–Kier alpha value is -3.01. The fourth-order valence-corrected chi connectivity index (χ4v) is 4.99. The Kier molecular flexibility index (Phi) is 9.51. The first-order chi connectivity index (χ1) is 18.0. The van der Waals surface area contributed by atoms with Gasteiger partial charge in [0.25, 0.3) is 5.91 Å². The van der Waals surface area contributed by atoms with Crippen molar-refractivity contribution in [2.24, 2.45) is 7.05 Å². The Bertz CT molecular complexity index is 1340. The molecule has 3 aromatic rings. The SMILES string of the molecule is CC.Cc1ccc(Cl)cc1CN(c1ccc(C#N)c(Cl)c1)C1CCN(C(=O)c2cc(C(C)(C)C)nn2C)C1. The number of aromatic nitrogens is 2. The molecule has 1 aliphatic heterocycles. The highest BCUT2D eigenvalue weighted by Gasteiger charge is 2.33. The third-order valence-electron chi connectivity index (χ3n) is 6.82. The van der Waals surface area contributed by atoms with Crippen LogP contribution in [-0.2, 0) is 19.0 Å². The Morgan fingerprint density at radius 1 is 1.16 bits per heavy atom. The molecule has 0 aliphatic carbocycles. The van der Waals surface area contributed by atoms with Crippen molar-refractivity contribution < 1.29 is 4.79 Å². The highest BCUT2D eigenvalue weighted by atomic mass is 35.5. The zero-order chi connectivity index (χ0) is 28.2. The van der Waals surface area contributed by atoms with Gasteiger partial charge < -0.3 is 9.80 Å². The van der Waals surface area contributed by atoms with Crippen LogP contribution in [0.2, 0.25) is 10.0 Å². The monoisotopic (exact) mass is 553 g/mol. The van der Waals surface area contributed by atoms with Crippen LogP contribution in [0.1, 0.15) is 73.9 Å². The summed E-state index contributed by atoms with van der Waals surface area (Å²) in [5, 5.41) is 15.0. The van der Waals surface area contributed by atoms with Gasteiger partial charge in [-0.25, -0.2) is 0 Å². The number of likely N-dealkylation sites (tertiary alicyclic amines) is 1. The molecule has 1 aromatic heterocycles. The molecule has 38 heavy (non-hydrogen) atoms. The van der Waals surface area contributed by atoms with Gasteiger partial charge in [-0.2, -0.15) is 10.4 Å². The van der Waals surface area contributed by atoms with Crippen molar-refractivity contribution in [1.29, 1.82) is 5.26 Å². The molecular weight excluding hydrogens is 517 g/mol. The average Bonchev–Trinajstić information content (AvgIpc) is 3.52. The van der Waals surface area contributed by atoms with Crippen molar-refractivity contribution >= 4 is 34.8 Å². The molecule has 1 atom stereocenters. The van der Waals surface area contributed by atoms with Crippen LogP contribution in [0.4, 0.5) is 5.69 Å².